The van der Waals surface area contributed by atoms with Crippen molar-refractivity contribution in [3.05, 3.63) is 29.8 Å². The van der Waals surface area contributed by atoms with E-state index in [1.807, 2.05) is 13.1 Å². The van der Waals surface area contributed by atoms with Gasteiger partial charge in [-0.2, -0.15) is 0 Å². The van der Waals surface area contributed by atoms with Crippen LogP contribution in [0.4, 0.5) is 0 Å². The normalized spacial score (nSPS) is 28.3. The summed E-state index contributed by atoms with van der Waals surface area (Å²) in [6.07, 6.45) is 2.56. The molecule has 4 fully saturated rings. The number of aliphatic imine (C=N–C) groups is 1. The van der Waals surface area contributed by atoms with E-state index in [0.29, 0.717) is 12.1 Å². The maximum Gasteiger partial charge on any atom is 0.191 e. The average molecular weight is 401 g/mol. The number of likely N-dealkylation sites (tertiary alicyclic amines) is 1. The molecule has 0 spiro atoms. The van der Waals surface area contributed by atoms with Crippen molar-refractivity contribution in [2.45, 2.75) is 24.9 Å². The minimum atomic E-state index is 0.326. The van der Waals surface area contributed by atoms with Crippen LogP contribution in [0.5, 0.6) is 5.75 Å². The molecule has 2 atom stereocenters. The molecule has 1 aromatic rings. The highest BCUT2D eigenvalue weighted by molar-refractivity contribution is 5.79. The van der Waals surface area contributed by atoms with Gasteiger partial charge in [0.25, 0.3) is 0 Å². The predicted molar refractivity (Wildman–Crippen MR) is 118 cm³/mol. The van der Waals surface area contributed by atoms with Gasteiger partial charge in [0.05, 0.1) is 13.2 Å². The number of piperazine rings is 3. The number of hydrogen-bond donors (Lipinski definition) is 2. The lowest BCUT2D eigenvalue weighted by Crippen LogP contribution is -2.63. The zero-order valence-electron chi connectivity index (χ0n) is 17.9. The molecule has 0 amide bonds. The summed E-state index contributed by atoms with van der Waals surface area (Å²) in [5, 5.41) is 7.16. The molecule has 2 unspecified atom stereocenters. The van der Waals surface area contributed by atoms with E-state index in [9.17, 15) is 0 Å². The fourth-order valence-corrected chi connectivity index (χ4v) is 4.91. The molecule has 7 heteroatoms. The summed E-state index contributed by atoms with van der Waals surface area (Å²) < 4.78 is 5.46. The number of guanidine groups is 1. The first-order valence-electron chi connectivity index (χ1n) is 11.1. The highest BCUT2D eigenvalue weighted by Gasteiger charge is 2.31. The number of hydrogen-bond acceptors (Lipinski definition) is 5. The van der Waals surface area contributed by atoms with E-state index in [-0.39, 0.29) is 0 Å². The van der Waals surface area contributed by atoms with Crippen LogP contribution in [0.1, 0.15) is 24.4 Å². The second-order valence-corrected chi connectivity index (χ2v) is 8.36. The SMILES string of the molecule is CN=C(NCC1CN2CCN1CC2)NCC(c1cccc(OC)c1)N1CCCC1. The first-order valence-corrected chi connectivity index (χ1v) is 11.1. The van der Waals surface area contributed by atoms with E-state index < -0.39 is 0 Å². The third-order valence-corrected chi connectivity index (χ3v) is 6.64. The molecule has 0 radical (unpaired) electrons. The fraction of sp³-hybridized carbons (Fsp3) is 0.682. The molecule has 29 heavy (non-hydrogen) atoms. The van der Waals surface area contributed by atoms with Gasteiger partial charge in [-0.1, -0.05) is 12.1 Å². The van der Waals surface area contributed by atoms with Crippen molar-refractivity contribution in [1.82, 2.24) is 25.3 Å². The zero-order chi connectivity index (χ0) is 20.1. The van der Waals surface area contributed by atoms with Crippen LogP contribution in [0, 0.1) is 0 Å². The third kappa shape index (κ3) is 5.02. The van der Waals surface area contributed by atoms with Crippen LogP contribution >= 0.6 is 0 Å². The lowest BCUT2D eigenvalue weighted by Gasteiger charge is -2.47. The Morgan fingerprint density at radius 1 is 1.14 bits per heavy atom. The summed E-state index contributed by atoms with van der Waals surface area (Å²) in [6.45, 7) is 10.1. The van der Waals surface area contributed by atoms with Crippen LogP contribution in [0.2, 0.25) is 0 Å². The molecule has 4 saturated heterocycles. The van der Waals surface area contributed by atoms with Crippen LogP contribution in [0.15, 0.2) is 29.3 Å². The van der Waals surface area contributed by atoms with Crippen LogP contribution in [-0.4, -0.2) is 99.8 Å². The Kier molecular flexibility index (Phi) is 6.90. The Labute approximate surface area is 175 Å². The summed E-state index contributed by atoms with van der Waals surface area (Å²) >= 11 is 0. The van der Waals surface area contributed by atoms with Gasteiger partial charge in [-0.3, -0.25) is 19.7 Å². The average Bonchev–Trinajstić information content (AvgIpc) is 3.31. The Bertz CT molecular complexity index is 682. The molecule has 4 aliphatic heterocycles. The molecule has 7 nitrogen and oxygen atoms in total. The molecular weight excluding hydrogens is 364 g/mol. The van der Waals surface area contributed by atoms with Gasteiger partial charge in [-0.15, -0.1) is 0 Å². The van der Waals surface area contributed by atoms with E-state index >= 15 is 0 Å². The van der Waals surface area contributed by atoms with Crippen LogP contribution in [-0.2, 0) is 0 Å². The van der Waals surface area contributed by atoms with Gasteiger partial charge in [0.1, 0.15) is 5.75 Å². The Morgan fingerprint density at radius 2 is 1.93 bits per heavy atom. The largest absolute Gasteiger partial charge is 0.497 e. The van der Waals surface area contributed by atoms with Gasteiger partial charge in [0, 0.05) is 58.9 Å². The van der Waals surface area contributed by atoms with Crippen molar-refractivity contribution in [1.29, 1.82) is 0 Å². The Hall–Kier alpha value is -1.83. The standard InChI is InChI=1S/C22H36N6O/c1-23-22(24-15-19-17-26-10-12-27(19)13-11-26)25-16-21(28-8-3-4-9-28)18-6-5-7-20(14-18)29-2/h5-7,14,19,21H,3-4,8-13,15-17H2,1-2H3,(H2,23,24,25). The van der Waals surface area contributed by atoms with Gasteiger partial charge in [0.2, 0.25) is 0 Å². The molecule has 160 valence electrons. The first kappa shape index (κ1) is 20.4. The maximum atomic E-state index is 5.46. The van der Waals surface area contributed by atoms with Crippen molar-refractivity contribution >= 4 is 5.96 Å². The molecule has 0 aliphatic carbocycles. The summed E-state index contributed by atoms with van der Waals surface area (Å²) in [5.74, 6) is 1.82. The highest BCUT2D eigenvalue weighted by Crippen LogP contribution is 2.27. The number of fused-ring (bicyclic) bond motifs is 3. The highest BCUT2D eigenvalue weighted by atomic mass is 16.5. The molecule has 0 saturated carbocycles. The minimum Gasteiger partial charge on any atom is -0.497 e. The first-order chi connectivity index (χ1) is 14.3. The number of benzene rings is 1. The summed E-state index contributed by atoms with van der Waals surface area (Å²) in [7, 11) is 3.60. The molecule has 2 bridgehead atoms. The van der Waals surface area contributed by atoms with Gasteiger partial charge < -0.3 is 15.4 Å². The van der Waals surface area contributed by atoms with Crippen molar-refractivity contribution in [3.8, 4) is 5.75 Å². The second kappa shape index (κ2) is 9.78. The van der Waals surface area contributed by atoms with E-state index in [0.717, 1.165) is 37.9 Å². The number of rotatable bonds is 7. The molecule has 0 aromatic heterocycles. The molecule has 4 aliphatic rings. The number of nitrogens with one attached hydrogen (secondary N) is 2. The smallest absolute Gasteiger partial charge is 0.191 e. The molecular formula is C22H36N6O. The van der Waals surface area contributed by atoms with Gasteiger partial charge in [-0.05, 0) is 43.6 Å². The van der Waals surface area contributed by atoms with Gasteiger partial charge in [0.15, 0.2) is 5.96 Å². The van der Waals surface area contributed by atoms with E-state index in [1.165, 1.54) is 51.1 Å². The maximum absolute atomic E-state index is 5.46. The van der Waals surface area contributed by atoms with Crippen LogP contribution < -0.4 is 15.4 Å². The minimum absolute atomic E-state index is 0.326. The van der Waals surface area contributed by atoms with Crippen LogP contribution in [0.3, 0.4) is 0 Å². The molecule has 5 rings (SSSR count). The van der Waals surface area contributed by atoms with E-state index in [1.54, 1.807) is 7.11 Å². The summed E-state index contributed by atoms with van der Waals surface area (Å²) in [4.78, 5) is 12.2. The second-order valence-electron chi connectivity index (χ2n) is 8.36. The van der Waals surface area contributed by atoms with Gasteiger partial charge in [-0.25, -0.2) is 0 Å². The van der Waals surface area contributed by atoms with Crippen molar-refractivity contribution in [2.75, 3.05) is 73.1 Å². The van der Waals surface area contributed by atoms with E-state index in [4.69, 9.17) is 4.74 Å². The fourth-order valence-electron chi connectivity index (χ4n) is 4.91. The topological polar surface area (TPSA) is 55.4 Å². The monoisotopic (exact) mass is 400 g/mol. The lowest BCUT2D eigenvalue weighted by atomic mass is 10.1. The van der Waals surface area contributed by atoms with E-state index in [2.05, 4.69) is 48.5 Å². The van der Waals surface area contributed by atoms with Crippen LogP contribution in [0.25, 0.3) is 0 Å². The van der Waals surface area contributed by atoms with Crippen molar-refractivity contribution in [3.63, 3.8) is 0 Å². The lowest BCUT2D eigenvalue weighted by molar-refractivity contribution is 0.0154. The number of nitrogens with zero attached hydrogens (tertiary/aromatic N) is 4. The molecule has 4 heterocycles. The Morgan fingerprint density at radius 3 is 2.59 bits per heavy atom. The number of ether oxygens (including phenoxy) is 1. The van der Waals surface area contributed by atoms with Gasteiger partial charge >= 0.3 is 0 Å². The zero-order valence-corrected chi connectivity index (χ0v) is 17.9. The quantitative estimate of drug-likeness (QED) is 0.526. The predicted octanol–water partition coefficient (Wildman–Crippen LogP) is 0.997. The summed E-state index contributed by atoms with van der Waals surface area (Å²) in [6, 6.07) is 9.40. The van der Waals surface area contributed by atoms with Crippen molar-refractivity contribution in [2.24, 2.45) is 4.99 Å². The third-order valence-electron chi connectivity index (χ3n) is 6.64. The Balaban J connectivity index is 1.35. The van der Waals surface area contributed by atoms with Crippen molar-refractivity contribution < 1.29 is 4.74 Å². The molecule has 1 aromatic carbocycles. The number of methoxy groups -OCH3 is 1. The summed E-state index contributed by atoms with van der Waals surface area (Å²) in [5.41, 5.74) is 1.30. The molecule has 2 N–H and O–H groups in total.